The van der Waals surface area contributed by atoms with Gasteiger partial charge in [-0.25, -0.2) is 0 Å². The molecule has 0 saturated carbocycles. The summed E-state index contributed by atoms with van der Waals surface area (Å²) >= 11 is 0. The fourth-order valence-electron chi connectivity index (χ4n) is 11.9. The van der Waals surface area contributed by atoms with Crippen LogP contribution >= 0.6 is 0 Å². The van der Waals surface area contributed by atoms with Crippen molar-refractivity contribution in [1.29, 1.82) is 0 Å². The van der Waals surface area contributed by atoms with Crippen LogP contribution in [0.3, 0.4) is 0 Å². The first kappa shape index (κ1) is 47.1. The smallest absolute Gasteiger partial charge is 0.172 e. The molecule has 8 saturated heterocycles. The summed E-state index contributed by atoms with van der Waals surface area (Å²) < 4.78 is 64.7. The van der Waals surface area contributed by atoms with E-state index in [1.807, 2.05) is 11.9 Å². The third kappa shape index (κ3) is 11.1. The number of methoxy groups -OCH3 is 1. The normalized spacial score (nSPS) is 44.3. The van der Waals surface area contributed by atoms with Gasteiger partial charge in [0.25, 0.3) is 0 Å². The highest BCUT2D eigenvalue weighted by Crippen LogP contribution is 2.49. The molecule has 0 aromatic carbocycles. The molecule has 15 heteroatoms. The van der Waals surface area contributed by atoms with E-state index >= 15 is 0 Å². The minimum absolute atomic E-state index is 0.00880. The predicted molar refractivity (Wildman–Crippen MR) is 227 cm³/mol. The van der Waals surface area contributed by atoms with E-state index in [1.165, 1.54) is 0 Å². The van der Waals surface area contributed by atoms with Crippen LogP contribution in [0, 0.1) is 11.8 Å². The Morgan fingerprint density at radius 3 is 2.40 bits per heavy atom. The molecule has 18 atom stereocenters. The first-order valence-corrected chi connectivity index (χ1v) is 23.8. The molecular formula is C47H76N2O13. The van der Waals surface area contributed by atoms with Crippen molar-refractivity contribution in [3.05, 3.63) is 24.3 Å². The second-order valence-corrected chi connectivity index (χ2v) is 19.8. The lowest BCUT2D eigenvalue weighted by molar-refractivity contribution is -0.277. The second-order valence-electron chi connectivity index (χ2n) is 19.8. The monoisotopic (exact) mass is 877 g/mol. The Bertz CT molecular complexity index is 1520. The van der Waals surface area contributed by atoms with Crippen molar-refractivity contribution in [3.8, 4) is 0 Å². The Labute approximate surface area is 368 Å². The molecule has 8 fully saturated rings. The Balaban J connectivity index is 0.980. The van der Waals surface area contributed by atoms with Crippen molar-refractivity contribution in [1.82, 2.24) is 4.90 Å². The van der Waals surface area contributed by atoms with Crippen LogP contribution in [-0.4, -0.2) is 178 Å². The standard InChI is InChI=1S/C47H76N2O13/c1-27-18-32-6-8-37-28(2)19-34(56-37)10-11-47-25-36(52)45(62-47)42-24-43(61-47)46-38(59-42)9-7-33(58-46)20-30(50)21-35-40(23-39(57-32)29(27)3)60-41(44(35)53-5)22-31(51)26-49(4)13-15-55-17-16-54-14-12-48/h27,31-46,51-52H,2-3,6-26,48H2,1,4-5H3/t27-,31+,32+,33-,34+,35+,36-,37+,38+,39-,40+,41-,42-,43-,44-,45+,46+,47-/m1/s1. The van der Waals surface area contributed by atoms with E-state index in [-0.39, 0.29) is 91.5 Å². The fraction of sp³-hybridized carbons (Fsp3) is 0.894. The zero-order valence-electron chi connectivity index (χ0n) is 37.5. The highest BCUT2D eigenvalue weighted by Gasteiger charge is 2.59. The van der Waals surface area contributed by atoms with Gasteiger partial charge in [0.15, 0.2) is 5.79 Å². The van der Waals surface area contributed by atoms with Crippen molar-refractivity contribution in [2.45, 2.75) is 194 Å². The lowest BCUT2D eigenvalue weighted by Gasteiger charge is -2.47. The van der Waals surface area contributed by atoms with Crippen molar-refractivity contribution < 1.29 is 62.4 Å². The molecular weight excluding hydrogens is 801 g/mol. The van der Waals surface area contributed by atoms with Crippen LogP contribution in [0.15, 0.2) is 24.3 Å². The molecule has 0 radical (unpaired) electrons. The molecule has 0 amide bonds. The lowest BCUT2D eigenvalue weighted by atomic mass is 9.81. The minimum Gasteiger partial charge on any atom is -0.392 e. The van der Waals surface area contributed by atoms with Crippen LogP contribution < -0.4 is 5.73 Å². The zero-order valence-corrected chi connectivity index (χ0v) is 37.5. The maximum Gasteiger partial charge on any atom is 0.172 e. The number of nitrogens with two attached hydrogens (primary N) is 1. The molecule has 1 spiro atoms. The lowest BCUT2D eigenvalue weighted by Crippen LogP contribution is -2.58. The van der Waals surface area contributed by atoms with E-state index in [4.69, 9.17) is 53.1 Å². The van der Waals surface area contributed by atoms with E-state index in [1.54, 1.807) is 7.11 Å². The Morgan fingerprint density at radius 1 is 0.823 bits per heavy atom. The summed E-state index contributed by atoms with van der Waals surface area (Å²) in [6.45, 7) is 14.8. The average Bonchev–Trinajstić information content (AvgIpc) is 3.84. The third-order valence-corrected chi connectivity index (χ3v) is 15.1. The molecule has 8 heterocycles. The Kier molecular flexibility index (Phi) is 16.0. The summed E-state index contributed by atoms with van der Waals surface area (Å²) in [5.74, 6) is -0.875. The maximum absolute atomic E-state index is 14.3. The van der Waals surface area contributed by atoms with E-state index in [0.717, 1.165) is 49.7 Å². The summed E-state index contributed by atoms with van der Waals surface area (Å²) in [4.78, 5) is 16.3. The van der Waals surface area contributed by atoms with Gasteiger partial charge in [0.05, 0.1) is 106 Å². The van der Waals surface area contributed by atoms with Crippen molar-refractivity contribution in [2.75, 3.05) is 60.2 Å². The van der Waals surface area contributed by atoms with Gasteiger partial charge in [-0.2, -0.15) is 0 Å². The summed E-state index contributed by atoms with van der Waals surface area (Å²) in [5, 5.41) is 22.6. The van der Waals surface area contributed by atoms with Crippen LogP contribution in [0.2, 0.25) is 0 Å². The summed E-state index contributed by atoms with van der Waals surface area (Å²) in [7, 11) is 3.64. The number of rotatable bonds is 13. The van der Waals surface area contributed by atoms with Gasteiger partial charge in [0.2, 0.25) is 0 Å². The number of ether oxygens (including phenoxy) is 10. The zero-order chi connectivity index (χ0) is 43.5. The number of likely N-dealkylation sites (N-methyl/N-ethyl adjacent to an activating group) is 1. The van der Waals surface area contributed by atoms with Crippen molar-refractivity contribution >= 4 is 5.78 Å². The molecule has 15 nitrogen and oxygen atoms in total. The first-order valence-electron chi connectivity index (χ1n) is 23.8. The number of carbonyl (C=O) groups is 1. The number of carbonyl (C=O) groups excluding carboxylic acids is 1. The van der Waals surface area contributed by atoms with Crippen LogP contribution in [0.5, 0.6) is 0 Å². The first-order chi connectivity index (χ1) is 29.9. The number of ketones is 1. The SMILES string of the molecule is C=C1C[C@@H]2CC[C@]34C[C@@H](O)[C@H](O3)[C@H]3C[C@@H](O4)[C@H]4O[C@H](CC[C@@H]4O3)CC(=O)C[C@@H]3[C@@H](OC)[C@@H](C[C@H](O)CN(C)CCOCCOCCN)O[C@H]3C[C@H]3O[C@@H](CC[C@@H]1O2)C[C@@H](C)C3=C. The molecule has 0 aromatic rings. The van der Waals surface area contributed by atoms with Crippen LogP contribution in [-0.2, 0) is 52.2 Å². The molecule has 62 heavy (non-hydrogen) atoms. The van der Waals surface area contributed by atoms with Gasteiger partial charge in [-0.1, -0.05) is 20.1 Å². The molecule has 8 aliphatic rings. The van der Waals surface area contributed by atoms with E-state index in [9.17, 15) is 15.0 Å². The highest BCUT2D eigenvalue weighted by molar-refractivity contribution is 5.79. The number of nitrogens with zero attached hydrogens (tertiary/aromatic N) is 1. The van der Waals surface area contributed by atoms with Gasteiger partial charge in [-0.15, -0.1) is 0 Å². The molecule has 10 bridgehead atoms. The number of fused-ring (bicyclic) bond motifs is 9. The average molecular weight is 877 g/mol. The molecule has 8 rings (SSSR count). The maximum atomic E-state index is 14.3. The molecule has 0 aliphatic carbocycles. The quantitative estimate of drug-likeness (QED) is 0.181. The van der Waals surface area contributed by atoms with E-state index in [2.05, 4.69) is 20.1 Å². The van der Waals surface area contributed by atoms with Gasteiger partial charge >= 0.3 is 0 Å². The number of hydrogen-bond acceptors (Lipinski definition) is 15. The van der Waals surface area contributed by atoms with E-state index < -0.39 is 36.3 Å². The van der Waals surface area contributed by atoms with Gasteiger partial charge in [0, 0.05) is 77.6 Å². The molecule has 352 valence electrons. The van der Waals surface area contributed by atoms with Gasteiger partial charge in [-0.05, 0) is 69.1 Å². The largest absolute Gasteiger partial charge is 0.392 e. The van der Waals surface area contributed by atoms with Crippen molar-refractivity contribution in [3.63, 3.8) is 0 Å². The van der Waals surface area contributed by atoms with Crippen LogP contribution in [0.4, 0.5) is 0 Å². The number of Topliss-reactive ketones (excluding diaryl/α,β-unsaturated/α-hetero) is 1. The summed E-state index contributed by atoms with van der Waals surface area (Å²) in [6.07, 6.45) is 3.64. The van der Waals surface area contributed by atoms with Crippen molar-refractivity contribution in [2.24, 2.45) is 17.6 Å². The van der Waals surface area contributed by atoms with Gasteiger partial charge < -0.3 is 68.2 Å². The van der Waals surface area contributed by atoms with Crippen LogP contribution in [0.1, 0.15) is 96.8 Å². The third-order valence-electron chi connectivity index (χ3n) is 15.1. The minimum atomic E-state index is -0.960. The molecule has 0 unspecified atom stereocenters. The summed E-state index contributed by atoms with van der Waals surface area (Å²) in [6, 6.07) is 0. The summed E-state index contributed by atoms with van der Waals surface area (Å²) in [5.41, 5.74) is 7.63. The Hall–Kier alpha value is -1.41. The molecule has 0 aromatic heterocycles. The van der Waals surface area contributed by atoms with E-state index in [0.29, 0.717) is 84.6 Å². The molecule has 8 aliphatic heterocycles. The molecule has 4 N–H and O–H groups in total. The predicted octanol–water partition coefficient (Wildman–Crippen LogP) is 3.39. The van der Waals surface area contributed by atoms with Gasteiger partial charge in [0.1, 0.15) is 18.0 Å². The topological polar surface area (TPSA) is 179 Å². The fourth-order valence-corrected chi connectivity index (χ4v) is 11.9. The Morgan fingerprint density at radius 2 is 1.60 bits per heavy atom. The number of aliphatic hydroxyl groups excluding tert-OH is 2. The number of hydrogen-bond donors (Lipinski definition) is 3. The van der Waals surface area contributed by atoms with Gasteiger partial charge in [-0.3, -0.25) is 4.79 Å². The second kappa shape index (κ2) is 21.0. The number of aliphatic hydroxyl groups is 2. The van der Waals surface area contributed by atoms with Crippen LogP contribution in [0.25, 0.3) is 0 Å². The highest BCUT2D eigenvalue weighted by atomic mass is 16.7.